The van der Waals surface area contributed by atoms with Gasteiger partial charge in [0.05, 0.1) is 6.10 Å². The second-order valence-electron chi connectivity index (χ2n) is 5.19. The third-order valence-electron chi connectivity index (χ3n) is 3.21. The van der Waals surface area contributed by atoms with Crippen molar-refractivity contribution in [1.29, 1.82) is 0 Å². The van der Waals surface area contributed by atoms with Gasteiger partial charge in [-0.25, -0.2) is 8.42 Å². The van der Waals surface area contributed by atoms with Crippen LogP contribution in [-0.2, 0) is 9.84 Å². The van der Waals surface area contributed by atoms with Gasteiger partial charge in [-0.2, -0.15) is 11.8 Å². The van der Waals surface area contributed by atoms with E-state index in [0.717, 1.165) is 12.3 Å². The van der Waals surface area contributed by atoms with Gasteiger partial charge in [-0.15, -0.1) is 0 Å². The molecule has 5 nitrogen and oxygen atoms in total. The number of nitrogens with zero attached hydrogens (tertiary/aromatic N) is 1. The molecule has 0 saturated carbocycles. The molecule has 1 fully saturated rings. The topological polar surface area (TPSA) is 69.6 Å². The van der Waals surface area contributed by atoms with Crippen LogP contribution in [0.2, 0.25) is 0 Å². The molecule has 0 radical (unpaired) electrons. The summed E-state index contributed by atoms with van der Waals surface area (Å²) in [4.78, 5) is 1.92. The van der Waals surface area contributed by atoms with Gasteiger partial charge in [0.15, 0.2) is 9.84 Å². The van der Waals surface area contributed by atoms with Crippen molar-refractivity contribution in [3.05, 3.63) is 0 Å². The first-order valence-electron chi connectivity index (χ1n) is 6.81. The van der Waals surface area contributed by atoms with E-state index in [1.807, 2.05) is 18.7 Å². The lowest BCUT2D eigenvalue weighted by atomic mass is 10.3. The molecule has 7 heteroatoms. The first kappa shape index (κ1) is 17.2. The molecule has 1 aliphatic rings. The number of sulfone groups is 1. The van der Waals surface area contributed by atoms with E-state index in [9.17, 15) is 13.5 Å². The van der Waals surface area contributed by atoms with E-state index in [1.54, 1.807) is 18.7 Å². The third-order valence-corrected chi connectivity index (χ3v) is 6.55. The number of thioether (sulfide) groups is 1. The fourth-order valence-corrected chi connectivity index (χ4v) is 5.15. The molecule has 0 aromatic heterocycles. The molecule has 2 N–H and O–H groups in total. The average Bonchev–Trinajstić information content (AvgIpc) is 2.37. The summed E-state index contributed by atoms with van der Waals surface area (Å²) < 4.78 is 24.1. The zero-order valence-corrected chi connectivity index (χ0v) is 13.6. The van der Waals surface area contributed by atoms with E-state index >= 15 is 0 Å². The third kappa shape index (κ3) is 5.59. The Morgan fingerprint density at radius 3 is 2.74 bits per heavy atom. The highest BCUT2D eigenvalue weighted by molar-refractivity contribution is 8.01. The van der Waals surface area contributed by atoms with Crippen LogP contribution in [0.15, 0.2) is 0 Å². The summed E-state index contributed by atoms with van der Waals surface area (Å²) in [5, 5.41) is 12.7. The molecule has 0 aliphatic carbocycles. The Bertz CT molecular complexity index is 360. The van der Waals surface area contributed by atoms with Crippen molar-refractivity contribution in [1.82, 2.24) is 10.2 Å². The zero-order chi connectivity index (χ0) is 14.5. The summed E-state index contributed by atoms with van der Waals surface area (Å²) in [6, 6.07) is 0.321. The fraction of sp³-hybridized carbons (Fsp3) is 1.00. The second-order valence-corrected chi connectivity index (χ2v) is 8.79. The van der Waals surface area contributed by atoms with E-state index < -0.39 is 21.3 Å². The number of nitrogens with one attached hydrogen (secondary N) is 1. The van der Waals surface area contributed by atoms with Crippen molar-refractivity contribution in [2.24, 2.45) is 0 Å². The van der Waals surface area contributed by atoms with Crippen LogP contribution in [-0.4, -0.2) is 72.8 Å². The lowest BCUT2D eigenvalue weighted by Gasteiger charge is -2.35. The quantitative estimate of drug-likeness (QED) is 0.698. The monoisotopic (exact) mass is 310 g/mol. The lowest BCUT2D eigenvalue weighted by molar-refractivity contribution is 0.107. The van der Waals surface area contributed by atoms with Crippen LogP contribution in [0.25, 0.3) is 0 Å². The van der Waals surface area contributed by atoms with Gasteiger partial charge in [0.25, 0.3) is 0 Å². The molecule has 19 heavy (non-hydrogen) atoms. The van der Waals surface area contributed by atoms with Crippen molar-refractivity contribution >= 4 is 21.6 Å². The van der Waals surface area contributed by atoms with Crippen LogP contribution >= 0.6 is 11.8 Å². The highest BCUT2D eigenvalue weighted by Crippen LogP contribution is 2.21. The van der Waals surface area contributed by atoms with Gasteiger partial charge >= 0.3 is 0 Å². The smallest absolute Gasteiger partial charge is 0.166 e. The Hall–Kier alpha value is 0.180. The van der Waals surface area contributed by atoms with Crippen molar-refractivity contribution in [2.45, 2.75) is 38.3 Å². The van der Waals surface area contributed by atoms with Crippen molar-refractivity contribution in [3.63, 3.8) is 0 Å². The molecule has 1 aliphatic heterocycles. The Morgan fingerprint density at radius 1 is 1.47 bits per heavy atom. The summed E-state index contributed by atoms with van der Waals surface area (Å²) in [6.45, 7) is 7.38. The molecule has 1 rings (SSSR count). The van der Waals surface area contributed by atoms with E-state index in [2.05, 4.69) is 5.32 Å². The van der Waals surface area contributed by atoms with Crippen LogP contribution in [0.5, 0.6) is 0 Å². The minimum absolute atomic E-state index is 0.162. The largest absolute Gasteiger partial charge is 0.390 e. The van der Waals surface area contributed by atoms with Gasteiger partial charge < -0.3 is 10.4 Å². The minimum Gasteiger partial charge on any atom is -0.390 e. The minimum atomic E-state index is -3.07. The van der Waals surface area contributed by atoms with Gasteiger partial charge in [-0.1, -0.05) is 20.8 Å². The molecule has 0 amide bonds. The molecule has 0 bridgehead atoms. The molecule has 0 aromatic carbocycles. The van der Waals surface area contributed by atoms with Crippen molar-refractivity contribution in [2.75, 3.05) is 36.9 Å². The number of hydrogen-bond acceptors (Lipinski definition) is 6. The lowest BCUT2D eigenvalue weighted by Crippen LogP contribution is -2.51. The van der Waals surface area contributed by atoms with Crippen LogP contribution in [0, 0.1) is 0 Å². The number of aliphatic hydroxyl groups is 1. The Balaban J connectivity index is 2.58. The average molecular weight is 310 g/mol. The number of rotatable bonds is 7. The Kier molecular flexibility index (Phi) is 7.10. The normalized spacial score (nSPS) is 23.7. The molecule has 1 saturated heterocycles. The molecule has 0 spiro atoms. The van der Waals surface area contributed by atoms with E-state index in [1.165, 1.54) is 0 Å². The van der Waals surface area contributed by atoms with E-state index in [-0.39, 0.29) is 5.75 Å². The van der Waals surface area contributed by atoms with Crippen molar-refractivity contribution < 1.29 is 13.5 Å². The van der Waals surface area contributed by atoms with Crippen LogP contribution < -0.4 is 5.32 Å². The molecular weight excluding hydrogens is 284 g/mol. The highest BCUT2D eigenvalue weighted by atomic mass is 32.2. The molecular formula is C12H26N2O3S2. The summed E-state index contributed by atoms with van der Waals surface area (Å²) >= 11 is 1.68. The summed E-state index contributed by atoms with van der Waals surface area (Å²) in [7, 11) is -3.07. The summed E-state index contributed by atoms with van der Waals surface area (Å²) in [5.41, 5.74) is 0. The number of β-amino-alcohol motifs (C(OH)–C–C–N with tert-alkyl or cyclic N) is 1. The molecule has 114 valence electrons. The number of aliphatic hydroxyl groups excluding tert-OH is 1. The Labute approximate surface area is 121 Å². The first-order valence-corrected chi connectivity index (χ1v) is 9.68. The zero-order valence-electron chi connectivity index (χ0n) is 12.0. The summed E-state index contributed by atoms with van der Waals surface area (Å²) in [5.74, 6) is 1.70. The first-order chi connectivity index (χ1) is 8.86. The molecule has 2 atom stereocenters. The second kappa shape index (κ2) is 7.83. The maximum Gasteiger partial charge on any atom is 0.166 e. The fourth-order valence-electron chi connectivity index (χ4n) is 2.05. The predicted octanol–water partition coefficient (Wildman–Crippen LogP) is 0.155. The van der Waals surface area contributed by atoms with E-state index in [4.69, 9.17) is 0 Å². The van der Waals surface area contributed by atoms with Gasteiger partial charge in [0.2, 0.25) is 0 Å². The summed E-state index contributed by atoms with van der Waals surface area (Å²) in [6.07, 6.45) is -0.528. The number of hydrogen-bond donors (Lipinski definition) is 2. The molecule has 0 aromatic rings. The maximum absolute atomic E-state index is 12.1. The molecule has 2 unspecified atom stereocenters. The van der Waals surface area contributed by atoms with Crippen LogP contribution in [0.4, 0.5) is 0 Å². The molecule has 1 heterocycles. The van der Waals surface area contributed by atoms with Gasteiger partial charge in [-0.3, -0.25) is 4.90 Å². The van der Waals surface area contributed by atoms with Crippen LogP contribution in [0.3, 0.4) is 0 Å². The maximum atomic E-state index is 12.1. The SMILES string of the molecule is CCS(=O)(=O)C1CSCCN1CC(O)CNC(C)C. The van der Waals surface area contributed by atoms with Crippen LogP contribution in [0.1, 0.15) is 20.8 Å². The highest BCUT2D eigenvalue weighted by Gasteiger charge is 2.33. The van der Waals surface area contributed by atoms with Crippen molar-refractivity contribution in [3.8, 4) is 0 Å². The standard InChI is InChI=1S/C12H26N2O3S2/c1-4-19(16,17)12-9-18-6-5-14(12)8-11(15)7-13-10(2)3/h10-13,15H,4-9H2,1-3H3. The van der Waals surface area contributed by atoms with Gasteiger partial charge in [-0.05, 0) is 0 Å². The van der Waals surface area contributed by atoms with Gasteiger partial charge in [0, 0.05) is 42.9 Å². The predicted molar refractivity (Wildman–Crippen MR) is 81.3 cm³/mol. The van der Waals surface area contributed by atoms with E-state index in [0.29, 0.717) is 24.9 Å². The van der Waals surface area contributed by atoms with Gasteiger partial charge in [0.1, 0.15) is 5.37 Å². The Morgan fingerprint density at radius 2 is 2.16 bits per heavy atom.